The molecule has 0 aliphatic heterocycles. The molecular weight excluding hydrogens is 439 g/mol. The number of aromatic nitrogens is 4. The molecule has 3 aromatic heterocycles. The standard InChI is InChI=1S/C19H21FN8O3S/c1-32(30,31)27-15-8-17(24-12-4-2-11(21)3-5-12)26-28-16(10-23-18(15)28)19(29)25-14-6-7-22-9-13(14)20/h6-10,12,21,27H,2-5H2,1H3,(H,24,26)(H,22,25,29). The minimum absolute atomic E-state index is 0.0122. The van der Waals surface area contributed by atoms with Crippen LogP contribution in [0.1, 0.15) is 36.2 Å². The van der Waals surface area contributed by atoms with E-state index in [1.807, 2.05) is 0 Å². The van der Waals surface area contributed by atoms with Gasteiger partial charge in [-0.15, -0.1) is 5.10 Å². The Balaban J connectivity index is 1.71. The molecule has 1 saturated carbocycles. The van der Waals surface area contributed by atoms with E-state index >= 15 is 0 Å². The summed E-state index contributed by atoms with van der Waals surface area (Å²) < 4.78 is 41.2. The van der Waals surface area contributed by atoms with E-state index < -0.39 is 21.7 Å². The van der Waals surface area contributed by atoms with Gasteiger partial charge in [-0.1, -0.05) is 0 Å². The van der Waals surface area contributed by atoms with Gasteiger partial charge >= 0.3 is 0 Å². The Morgan fingerprint density at radius 3 is 2.69 bits per heavy atom. The second-order valence-electron chi connectivity index (χ2n) is 7.53. The maximum atomic E-state index is 13.9. The van der Waals surface area contributed by atoms with Gasteiger partial charge in [0.2, 0.25) is 10.0 Å². The third-order valence-corrected chi connectivity index (χ3v) is 5.55. The fourth-order valence-corrected chi connectivity index (χ4v) is 4.00. The molecule has 0 aromatic carbocycles. The molecule has 3 heterocycles. The van der Waals surface area contributed by atoms with Crippen LogP contribution in [-0.2, 0) is 10.0 Å². The minimum Gasteiger partial charge on any atom is -0.366 e. The summed E-state index contributed by atoms with van der Waals surface area (Å²) in [6, 6.07) is 2.87. The number of halogens is 1. The van der Waals surface area contributed by atoms with Crippen LogP contribution in [0.3, 0.4) is 0 Å². The molecule has 1 fully saturated rings. The zero-order chi connectivity index (χ0) is 22.9. The average Bonchev–Trinajstić information content (AvgIpc) is 3.15. The maximum absolute atomic E-state index is 13.9. The van der Waals surface area contributed by atoms with E-state index in [0.29, 0.717) is 24.4 Å². The van der Waals surface area contributed by atoms with Crippen LogP contribution in [0.25, 0.3) is 5.65 Å². The van der Waals surface area contributed by atoms with Gasteiger partial charge in [-0.2, -0.15) is 0 Å². The van der Waals surface area contributed by atoms with Gasteiger partial charge in [0.25, 0.3) is 5.91 Å². The lowest BCUT2D eigenvalue weighted by Crippen LogP contribution is -2.27. The smallest absolute Gasteiger partial charge is 0.276 e. The molecule has 1 aliphatic rings. The van der Waals surface area contributed by atoms with Gasteiger partial charge in [-0.05, 0) is 31.7 Å². The number of carbonyl (C=O) groups excluding carboxylic acids is 1. The minimum atomic E-state index is -3.64. The zero-order valence-corrected chi connectivity index (χ0v) is 17.9. The van der Waals surface area contributed by atoms with Crippen LogP contribution >= 0.6 is 0 Å². The van der Waals surface area contributed by atoms with Crippen molar-refractivity contribution in [2.45, 2.75) is 31.7 Å². The molecule has 1 aliphatic carbocycles. The summed E-state index contributed by atoms with van der Waals surface area (Å²) in [6.07, 6.45) is 7.38. The molecule has 0 saturated heterocycles. The molecule has 4 N–H and O–H groups in total. The zero-order valence-electron chi connectivity index (χ0n) is 17.1. The summed E-state index contributed by atoms with van der Waals surface area (Å²) in [5.41, 5.74) is 0.882. The Bertz CT molecular complexity index is 1300. The molecule has 13 heteroatoms. The van der Waals surface area contributed by atoms with Gasteiger partial charge < -0.3 is 16.0 Å². The molecule has 0 atom stereocenters. The van der Waals surface area contributed by atoms with E-state index in [-0.39, 0.29) is 28.8 Å². The number of sulfonamides is 1. The summed E-state index contributed by atoms with van der Waals surface area (Å²) in [7, 11) is -3.64. The molecule has 0 bridgehead atoms. The second-order valence-corrected chi connectivity index (χ2v) is 9.28. The van der Waals surface area contributed by atoms with Gasteiger partial charge in [0.15, 0.2) is 17.2 Å². The van der Waals surface area contributed by atoms with Gasteiger partial charge in [0.05, 0.1) is 30.0 Å². The number of hydrogen-bond donors (Lipinski definition) is 4. The fourth-order valence-electron chi connectivity index (χ4n) is 3.45. The first kappa shape index (κ1) is 21.6. The van der Waals surface area contributed by atoms with Gasteiger partial charge in [-0.3, -0.25) is 14.5 Å². The Labute approximate surface area is 183 Å². The van der Waals surface area contributed by atoms with Crippen LogP contribution in [0.5, 0.6) is 0 Å². The number of amides is 1. The van der Waals surface area contributed by atoms with Gasteiger partial charge in [0, 0.05) is 24.0 Å². The third-order valence-electron chi connectivity index (χ3n) is 4.96. The first-order valence-electron chi connectivity index (χ1n) is 9.80. The molecule has 168 valence electrons. The first-order chi connectivity index (χ1) is 15.2. The summed E-state index contributed by atoms with van der Waals surface area (Å²) >= 11 is 0. The number of imidazole rings is 1. The number of fused-ring (bicyclic) bond motifs is 1. The quantitative estimate of drug-likeness (QED) is 0.440. The molecule has 32 heavy (non-hydrogen) atoms. The number of carbonyl (C=O) groups is 1. The van der Waals surface area contributed by atoms with E-state index in [0.717, 1.165) is 25.3 Å². The molecule has 3 aromatic rings. The Hall–Kier alpha value is -3.61. The van der Waals surface area contributed by atoms with Crippen molar-refractivity contribution in [1.82, 2.24) is 19.6 Å². The number of hydrogen-bond acceptors (Lipinski definition) is 8. The van der Waals surface area contributed by atoms with Crippen molar-refractivity contribution < 1.29 is 17.6 Å². The van der Waals surface area contributed by atoms with Crippen LogP contribution < -0.4 is 15.4 Å². The SMILES string of the molecule is CS(=O)(=O)Nc1cc(NC2CCC(=N)CC2)nn2c(C(=O)Nc3ccncc3F)cnc12. The van der Waals surface area contributed by atoms with E-state index in [2.05, 4.69) is 30.4 Å². The number of anilines is 3. The van der Waals surface area contributed by atoms with E-state index in [1.54, 1.807) is 0 Å². The summed E-state index contributed by atoms with van der Waals surface area (Å²) in [5, 5.41) is 17.8. The lowest BCUT2D eigenvalue weighted by molar-refractivity contribution is 0.102. The summed E-state index contributed by atoms with van der Waals surface area (Å²) in [4.78, 5) is 20.6. The molecule has 4 rings (SSSR count). The summed E-state index contributed by atoms with van der Waals surface area (Å²) in [5.74, 6) is -1.04. The van der Waals surface area contributed by atoms with Crippen molar-refractivity contribution >= 4 is 44.5 Å². The molecular formula is C19H21FN8O3S. The highest BCUT2D eigenvalue weighted by atomic mass is 32.2. The number of nitrogens with zero attached hydrogens (tertiary/aromatic N) is 4. The van der Waals surface area contributed by atoms with Gasteiger partial charge in [0.1, 0.15) is 5.82 Å². The van der Waals surface area contributed by atoms with Crippen molar-refractivity contribution in [2.75, 3.05) is 21.6 Å². The Morgan fingerprint density at radius 2 is 2.00 bits per heavy atom. The molecule has 0 unspecified atom stereocenters. The van der Waals surface area contributed by atoms with Crippen molar-refractivity contribution in [3.05, 3.63) is 42.2 Å². The number of pyridine rings is 1. The second kappa shape index (κ2) is 8.49. The van der Waals surface area contributed by atoms with Crippen molar-refractivity contribution in [3.8, 4) is 0 Å². The lowest BCUT2D eigenvalue weighted by atomic mass is 9.94. The monoisotopic (exact) mass is 460 g/mol. The Kier molecular flexibility index (Phi) is 5.74. The molecule has 11 nitrogen and oxygen atoms in total. The average molecular weight is 460 g/mol. The highest BCUT2D eigenvalue weighted by molar-refractivity contribution is 7.92. The van der Waals surface area contributed by atoms with Crippen molar-refractivity contribution in [2.24, 2.45) is 0 Å². The third kappa shape index (κ3) is 4.82. The number of nitrogens with one attached hydrogen (secondary N) is 4. The van der Waals surface area contributed by atoms with Crippen molar-refractivity contribution in [1.29, 1.82) is 5.41 Å². The normalized spacial score (nSPS) is 16.7. The van der Waals surface area contributed by atoms with Gasteiger partial charge in [-0.25, -0.2) is 22.3 Å². The predicted octanol–water partition coefficient (Wildman–Crippen LogP) is 2.26. The highest BCUT2D eigenvalue weighted by Crippen LogP contribution is 2.25. The molecule has 1 amide bonds. The van der Waals surface area contributed by atoms with Crippen molar-refractivity contribution in [3.63, 3.8) is 0 Å². The lowest BCUT2D eigenvalue weighted by Gasteiger charge is -2.24. The highest BCUT2D eigenvalue weighted by Gasteiger charge is 2.22. The van der Waals surface area contributed by atoms with E-state index in [4.69, 9.17) is 5.41 Å². The predicted molar refractivity (Wildman–Crippen MR) is 117 cm³/mol. The summed E-state index contributed by atoms with van der Waals surface area (Å²) in [6.45, 7) is 0. The van der Waals surface area contributed by atoms with E-state index in [1.165, 1.54) is 29.0 Å². The van der Waals surface area contributed by atoms with Crippen LogP contribution in [0.2, 0.25) is 0 Å². The number of rotatable bonds is 6. The molecule has 0 radical (unpaired) electrons. The topological polar surface area (TPSA) is 154 Å². The first-order valence-corrected chi connectivity index (χ1v) is 11.7. The maximum Gasteiger partial charge on any atom is 0.276 e. The molecule has 0 spiro atoms. The van der Waals surface area contributed by atoms with Crippen LogP contribution in [0.15, 0.2) is 30.7 Å². The fraction of sp³-hybridized carbons (Fsp3) is 0.316. The van der Waals surface area contributed by atoms with Crippen LogP contribution in [-0.4, -0.2) is 51.9 Å². The van der Waals surface area contributed by atoms with Crippen LogP contribution in [0, 0.1) is 11.2 Å². The van der Waals surface area contributed by atoms with Crippen LogP contribution in [0.4, 0.5) is 21.6 Å². The van der Waals surface area contributed by atoms with E-state index in [9.17, 15) is 17.6 Å². The largest absolute Gasteiger partial charge is 0.366 e. The Morgan fingerprint density at radius 1 is 1.25 bits per heavy atom.